The van der Waals surface area contributed by atoms with Crippen molar-refractivity contribution in [3.8, 4) is 0 Å². The molecule has 0 aliphatic carbocycles. The van der Waals surface area contributed by atoms with Crippen LogP contribution in [0.5, 0.6) is 0 Å². The maximum Gasteiger partial charge on any atom is 0.306 e. The van der Waals surface area contributed by atoms with Gasteiger partial charge in [-0.25, -0.2) is 0 Å². The van der Waals surface area contributed by atoms with E-state index >= 15 is 0 Å². The van der Waals surface area contributed by atoms with Gasteiger partial charge in [0.2, 0.25) is 0 Å². The molecule has 3 N–H and O–H groups in total. The molecule has 0 aromatic heterocycles. The number of nitrogens with two attached hydrogens (primary N) is 1. The Morgan fingerprint density at radius 2 is 2.07 bits per heavy atom. The van der Waals surface area contributed by atoms with Crippen LogP contribution in [0, 0.1) is 0 Å². The number of ether oxygens (including phenoxy) is 1. The zero-order valence-electron chi connectivity index (χ0n) is 9.90. The van der Waals surface area contributed by atoms with Crippen LogP contribution < -0.4 is 5.73 Å². The Morgan fingerprint density at radius 3 is 2.47 bits per heavy atom. The molecule has 0 aromatic carbocycles. The number of carbonyl (C=O) groups is 1. The van der Waals surface area contributed by atoms with Crippen LogP contribution in [-0.2, 0) is 9.53 Å². The molecule has 0 bridgehead atoms. The maximum atomic E-state index is 10.6. The van der Waals surface area contributed by atoms with E-state index in [0.29, 0.717) is 24.2 Å². The quantitative estimate of drug-likeness (QED) is 0.442. The second kappa shape index (κ2) is 6.76. The van der Waals surface area contributed by atoms with E-state index in [-0.39, 0.29) is 12.5 Å². The van der Waals surface area contributed by atoms with Crippen molar-refractivity contribution < 1.29 is 19.1 Å². The monoisotopic (exact) mass is 219 g/mol. The van der Waals surface area contributed by atoms with Gasteiger partial charge in [-0.1, -0.05) is 0 Å². The van der Waals surface area contributed by atoms with Crippen LogP contribution in [0.2, 0.25) is 0 Å². The minimum Gasteiger partial charge on any atom is -0.481 e. The molecule has 0 aliphatic rings. The second-order valence-electron chi connectivity index (χ2n) is 4.71. The number of aliphatic carboxylic acids is 1. The van der Waals surface area contributed by atoms with Gasteiger partial charge in [0, 0.05) is 6.61 Å². The summed E-state index contributed by atoms with van der Waals surface area (Å²) in [6.45, 7) is 1.80. The van der Waals surface area contributed by atoms with Crippen molar-refractivity contribution in [2.45, 2.75) is 18.9 Å². The number of quaternary nitrogens is 1. The molecular formula is C10H23N2O3+. The number of hydrogen-bond donors (Lipinski definition) is 2. The van der Waals surface area contributed by atoms with Gasteiger partial charge in [0.05, 0.1) is 27.6 Å². The highest BCUT2D eigenvalue weighted by Crippen LogP contribution is 2.05. The molecule has 0 aliphatic heterocycles. The van der Waals surface area contributed by atoms with E-state index in [1.807, 2.05) is 21.1 Å². The first-order chi connectivity index (χ1) is 6.85. The zero-order valence-corrected chi connectivity index (χ0v) is 9.90. The summed E-state index contributed by atoms with van der Waals surface area (Å²) in [6, 6.07) is 0. The third-order valence-electron chi connectivity index (χ3n) is 1.86. The maximum absolute atomic E-state index is 10.6. The summed E-state index contributed by atoms with van der Waals surface area (Å²) in [5.41, 5.74) is 5.34. The van der Waals surface area contributed by atoms with E-state index in [2.05, 4.69) is 0 Å². The van der Waals surface area contributed by atoms with E-state index in [4.69, 9.17) is 15.6 Å². The van der Waals surface area contributed by atoms with Crippen molar-refractivity contribution in [3.05, 3.63) is 0 Å². The lowest BCUT2D eigenvalue weighted by molar-refractivity contribution is -0.873. The van der Waals surface area contributed by atoms with Crippen LogP contribution in [0.15, 0.2) is 0 Å². The molecule has 15 heavy (non-hydrogen) atoms. The van der Waals surface area contributed by atoms with Crippen molar-refractivity contribution >= 4 is 5.97 Å². The highest BCUT2D eigenvalue weighted by Gasteiger charge is 2.21. The van der Waals surface area contributed by atoms with E-state index in [1.54, 1.807) is 0 Å². The summed E-state index contributed by atoms with van der Waals surface area (Å²) in [5, 5.41) is 8.73. The van der Waals surface area contributed by atoms with Crippen molar-refractivity contribution in [1.82, 2.24) is 0 Å². The summed E-state index contributed by atoms with van der Waals surface area (Å²) < 4.78 is 6.19. The van der Waals surface area contributed by atoms with E-state index in [1.165, 1.54) is 0 Å². The molecule has 0 fully saturated rings. The lowest BCUT2D eigenvalue weighted by Gasteiger charge is -2.28. The van der Waals surface area contributed by atoms with Gasteiger partial charge in [0.25, 0.3) is 0 Å². The Balaban J connectivity index is 4.01. The lowest BCUT2D eigenvalue weighted by atomic mass is 10.2. The fourth-order valence-electron chi connectivity index (χ4n) is 1.32. The summed E-state index contributed by atoms with van der Waals surface area (Å²) in [4.78, 5) is 10.6. The normalized spacial score (nSPS) is 13.9. The number of nitrogens with zero attached hydrogens (tertiary/aromatic N) is 1. The van der Waals surface area contributed by atoms with Crippen LogP contribution >= 0.6 is 0 Å². The van der Waals surface area contributed by atoms with Crippen LogP contribution in [0.25, 0.3) is 0 Å². The fourth-order valence-corrected chi connectivity index (χ4v) is 1.32. The molecule has 0 heterocycles. The van der Waals surface area contributed by atoms with Crippen LogP contribution in [-0.4, -0.2) is 62.5 Å². The number of carboxylic acids is 1. The van der Waals surface area contributed by atoms with E-state index < -0.39 is 5.97 Å². The Hall–Kier alpha value is -0.650. The summed E-state index contributed by atoms with van der Waals surface area (Å²) in [6.07, 6.45) is 0.599. The van der Waals surface area contributed by atoms with E-state index in [9.17, 15) is 4.79 Å². The number of rotatable bonds is 8. The molecule has 5 heteroatoms. The Morgan fingerprint density at radius 1 is 1.47 bits per heavy atom. The van der Waals surface area contributed by atoms with Crippen molar-refractivity contribution in [1.29, 1.82) is 0 Å². The molecule has 0 spiro atoms. The molecule has 0 aromatic rings. The third kappa shape index (κ3) is 9.65. The van der Waals surface area contributed by atoms with Gasteiger partial charge < -0.3 is 20.1 Å². The van der Waals surface area contributed by atoms with Gasteiger partial charge in [-0.05, 0) is 13.0 Å². The average molecular weight is 219 g/mol. The third-order valence-corrected chi connectivity index (χ3v) is 1.86. The average Bonchev–Trinajstić information content (AvgIpc) is 2.00. The number of hydrogen-bond acceptors (Lipinski definition) is 3. The van der Waals surface area contributed by atoms with Crippen molar-refractivity contribution in [2.75, 3.05) is 40.8 Å². The zero-order chi connectivity index (χ0) is 11.9. The molecular weight excluding hydrogens is 196 g/mol. The molecule has 0 saturated carbocycles. The largest absolute Gasteiger partial charge is 0.481 e. The van der Waals surface area contributed by atoms with Crippen molar-refractivity contribution in [2.24, 2.45) is 5.73 Å². The van der Waals surface area contributed by atoms with Gasteiger partial charge in [-0.15, -0.1) is 0 Å². The summed E-state index contributed by atoms with van der Waals surface area (Å²) in [7, 11) is 6.05. The second-order valence-corrected chi connectivity index (χ2v) is 4.71. The summed E-state index contributed by atoms with van der Waals surface area (Å²) in [5.74, 6) is -0.818. The van der Waals surface area contributed by atoms with Gasteiger partial charge in [0.15, 0.2) is 0 Å². The number of carboxylic acid groups (broad SMARTS) is 1. The Bertz CT molecular complexity index is 190. The molecule has 0 rings (SSSR count). The lowest BCUT2D eigenvalue weighted by Crippen LogP contribution is -2.43. The van der Waals surface area contributed by atoms with E-state index in [0.717, 1.165) is 6.42 Å². The predicted octanol–water partition coefficient (Wildman–Crippen LogP) is -0.0987. The molecule has 1 atom stereocenters. The molecule has 0 amide bonds. The van der Waals surface area contributed by atoms with Gasteiger partial charge in [-0.3, -0.25) is 4.79 Å². The number of likely N-dealkylation sites (N-methyl/N-ethyl adjacent to an activating group) is 1. The standard InChI is InChI=1S/C10H22N2O3/c1-12(2,3)8-9(7-10(13)14)15-6-4-5-11/h9H,4-8,11H2,1-3H3/p+1. The molecule has 90 valence electrons. The van der Waals surface area contributed by atoms with Crippen LogP contribution in [0.4, 0.5) is 0 Å². The molecule has 0 saturated heterocycles. The van der Waals surface area contributed by atoms with Gasteiger partial charge >= 0.3 is 5.97 Å². The predicted molar refractivity (Wildman–Crippen MR) is 58.6 cm³/mol. The van der Waals surface area contributed by atoms with Crippen LogP contribution in [0.1, 0.15) is 12.8 Å². The smallest absolute Gasteiger partial charge is 0.306 e. The first-order valence-corrected chi connectivity index (χ1v) is 5.19. The summed E-state index contributed by atoms with van der Waals surface area (Å²) >= 11 is 0. The van der Waals surface area contributed by atoms with Crippen LogP contribution in [0.3, 0.4) is 0 Å². The fraction of sp³-hybridized carbons (Fsp3) is 0.900. The van der Waals surface area contributed by atoms with Gasteiger partial charge in [-0.2, -0.15) is 0 Å². The minimum absolute atomic E-state index is 0.0556. The molecule has 1 unspecified atom stereocenters. The molecule has 5 nitrogen and oxygen atoms in total. The topological polar surface area (TPSA) is 72.5 Å². The SMILES string of the molecule is C[N+](C)(C)CC(CC(=O)O)OCCCN. The Labute approximate surface area is 91.4 Å². The Kier molecular flexibility index (Phi) is 6.47. The molecule has 0 radical (unpaired) electrons. The highest BCUT2D eigenvalue weighted by molar-refractivity contribution is 5.67. The van der Waals surface area contributed by atoms with Crippen molar-refractivity contribution in [3.63, 3.8) is 0 Å². The first kappa shape index (κ1) is 14.3. The minimum atomic E-state index is -0.818. The first-order valence-electron chi connectivity index (χ1n) is 5.19. The van der Waals surface area contributed by atoms with Gasteiger partial charge in [0.1, 0.15) is 12.6 Å². The highest BCUT2D eigenvalue weighted by atomic mass is 16.5.